The number of halogens is 2. The lowest BCUT2D eigenvalue weighted by Crippen LogP contribution is -2.19. The minimum atomic E-state index is 0.187. The van der Waals surface area contributed by atoms with E-state index >= 15 is 0 Å². The molecule has 1 aromatic heterocycles. The summed E-state index contributed by atoms with van der Waals surface area (Å²) in [6.45, 7) is 2.02. The second-order valence-corrected chi connectivity index (χ2v) is 7.46. The fourth-order valence-corrected chi connectivity index (χ4v) is 4.08. The highest BCUT2D eigenvalue weighted by atomic mass is 35.5. The minimum Gasteiger partial charge on any atom is -0.454 e. The molecule has 27 heavy (non-hydrogen) atoms. The molecule has 0 aliphatic carbocycles. The maximum absolute atomic E-state index is 9.48. The maximum Gasteiger partial charge on any atom is 0.146 e. The van der Waals surface area contributed by atoms with Gasteiger partial charge in [-0.3, -0.25) is 0 Å². The molecule has 0 fully saturated rings. The van der Waals surface area contributed by atoms with Crippen molar-refractivity contribution in [1.82, 2.24) is 9.55 Å². The van der Waals surface area contributed by atoms with Crippen molar-refractivity contribution in [2.24, 2.45) is 0 Å². The van der Waals surface area contributed by atoms with Gasteiger partial charge >= 0.3 is 0 Å². The Hall–Kier alpha value is -2.48. The van der Waals surface area contributed by atoms with E-state index in [4.69, 9.17) is 27.9 Å². The number of nitrogens with zero attached hydrogens (tertiary/aromatic N) is 3. The lowest BCUT2D eigenvalue weighted by Gasteiger charge is -2.27. The fraction of sp³-hybridized carbons (Fsp3) is 0.238. The smallest absolute Gasteiger partial charge is 0.146 e. The SMILES string of the molecule is Cc1ncc2n1C(c1ccc(C#N)c(Oc3ccc(Cl)cc3Cl)c1)CCC2. The second-order valence-electron chi connectivity index (χ2n) is 6.62. The van der Waals surface area contributed by atoms with Gasteiger partial charge in [-0.25, -0.2) is 4.98 Å². The average molecular weight is 398 g/mol. The molecule has 1 unspecified atom stereocenters. The first kappa shape index (κ1) is 17.9. The molecule has 1 atom stereocenters. The first-order chi connectivity index (χ1) is 13.1. The molecule has 0 saturated heterocycles. The van der Waals surface area contributed by atoms with Crippen molar-refractivity contribution in [1.29, 1.82) is 5.26 Å². The van der Waals surface area contributed by atoms with Crippen molar-refractivity contribution < 1.29 is 4.74 Å². The molecular formula is C21H17Cl2N3O. The number of aromatic nitrogens is 2. The summed E-state index contributed by atoms with van der Waals surface area (Å²) in [5.41, 5.74) is 2.80. The molecule has 4 nitrogen and oxygen atoms in total. The van der Waals surface area contributed by atoms with Crippen LogP contribution in [0.15, 0.2) is 42.6 Å². The maximum atomic E-state index is 9.48. The number of ether oxygens (including phenoxy) is 1. The first-order valence-corrected chi connectivity index (χ1v) is 9.52. The molecule has 0 amide bonds. The summed E-state index contributed by atoms with van der Waals surface area (Å²) in [6, 6.07) is 13.1. The quantitative estimate of drug-likeness (QED) is 0.537. The van der Waals surface area contributed by atoms with Gasteiger partial charge in [0, 0.05) is 16.9 Å². The molecule has 0 N–H and O–H groups in total. The van der Waals surface area contributed by atoms with E-state index in [2.05, 4.69) is 15.6 Å². The van der Waals surface area contributed by atoms with Crippen LogP contribution in [0.3, 0.4) is 0 Å². The molecule has 0 radical (unpaired) electrons. The van der Waals surface area contributed by atoms with E-state index in [1.54, 1.807) is 24.3 Å². The first-order valence-electron chi connectivity index (χ1n) is 8.76. The van der Waals surface area contributed by atoms with Crippen molar-refractivity contribution in [3.8, 4) is 17.6 Å². The van der Waals surface area contributed by atoms with E-state index in [-0.39, 0.29) is 6.04 Å². The number of fused-ring (bicyclic) bond motifs is 1. The summed E-state index contributed by atoms with van der Waals surface area (Å²) in [5.74, 6) is 1.96. The van der Waals surface area contributed by atoms with Crippen LogP contribution in [0.25, 0.3) is 0 Å². The van der Waals surface area contributed by atoms with Gasteiger partial charge in [0.1, 0.15) is 23.4 Å². The van der Waals surface area contributed by atoms with Crippen LogP contribution in [0.5, 0.6) is 11.5 Å². The molecule has 2 heterocycles. The van der Waals surface area contributed by atoms with Gasteiger partial charge in [0.15, 0.2) is 0 Å². The van der Waals surface area contributed by atoms with Crippen LogP contribution in [0, 0.1) is 18.3 Å². The average Bonchev–Trinajstić information content (AvgIpc) is 3.05. The van der Waals surface area contributed by atoms with Gasteiger partial charge in [0.2, 0.25) is 0 Å². The Labute approximate surface area is 167 Å². The predicted octanol–water partition coefficient (Wildman–Crippen LogP) is 6.09. The number of nitriles is 1. The van der Waals surface area contributed by atoms with Gasteiger partial charge in [-0.15, -0.1) is 0 Å². The van der Waals surface area contributed by atoms with Crippen LogP contribution < -0.4 is 4.74 Å². The van der Waals surface area contributed by atoms with E-state index < -0.39 is 0 Å². The molecule has 0 spiro atoms. The number of rotatable bonds is 3. The summed E-state index contributed by atoms with van der Waals surface area (Å²) < 4.78 is 8.26. The molecule has 4 rings (SSSR count). The van der Waals surface area contributed by atoms with Crippen molar-refractivity contribution in [3.05, 3.63) is 75.3 Å². The molecule has 2 aromatic carbocycles. The predicted molar refractivity (Wildman–Crippen MR) is 106 cm³/mol. The van der Waals surface area contributed by atoms with E-state index in [1.807, 2.05) is 25.3 Å². The molecule has 3 aromatic rings. The van der Waals surface area contributed by atoms with Crippen LogP contribution in [-0.2, 0) is 6.42 Å². The van der Waals surface area contributed by atoms with Crippen LogP contribution >= 0.6 is 23.2 Å². The Bertz CT molecular complexity index is 1050. The zero-order chi connectivity index (χ0) is 19.0. The highest BCUT2D eigenvalue weighted by Gasteiger charge is 2.24. The van der Waals surface area contributed by atoms with Gasteiger partial charge < -0.3 is 9.30 Å². The van der Waals surface area contributed by atoms with Crippen LogP contribution in [0.4, 0.5) is 0 Å². The van der Waals surface area contributed by atoms with Gasteiger partial charge in [-0.2, -0.15) is 5.26 Å². The molecule has 0 saturated carbocycles. The summed E-state index contributed by atoms with van der Waals surface area (Å²) in [6.07, 6.45) is 5.12. The van der Waals surface area contributed by atoms with Crippen molar-refractivity contribution in [3.63, 3.8) is 0 Å². The third-order valence-corrected chi connectivity index (χ3v) is 5.44. The Morgan fingerprint density at radius 1 is 1.19 bits per heavy atom. The number of imidazole rings is 1. The summed E-state index contributed by atoms with van der Waals surface area (Å²) in [7, 11) is 0. The monoisotopic (exact) mass is 397 g/mol. The van der Waals surface area contributed by atoms with Crippen molar-refractivity contribution in [2.45, 2.75) is 32.2 Å². The van der Waals surface area contributed by atoms with E-state index in [0.29, 0.717) is 27.1 Å². The molecule has 1 aliphatic rings. The molecule has 136 valence electrons. The van der Waals surface area contributed by atoms with Crippen molar-refractivity contribution in [2.75, 3.05) is 0 Å². The van der Waals surface area contributed by atoms with Gasteiger partial charge in [0.05, 0.1) is 16.6 Å². The molecule has 6 heteroatoms. The number of hydrogen-bond acceptors (Lipinski definition) is 3. The van der Waals surface area contributed by atoms with E-state index in [1.165, 1.54) is 5.69 Å². The van der Waals surface area contributed by atoms with Crippen LogP contribution in [0.2, 0.25) is 10.0 Å². The summed E-state index contributed by atoms with van der Waals surface area (Å²) >= 11 is 12.2. The van der Waals surface area contributed by atoms with Gasteiger partial charge in [-0.1, -0.05) is 29.3 Å². The topological polar surface area (TPSA) is 50.8 Å². The molecule has 1 aliphatic heterocycles. The Kier molecular flexibility index (Phi) is 4.82. The van der Waals surface area contributed by atoms with Crippen LogP contribution in [-0.4, -0.2) is 9.55 Å². The molecular weight excluding hydrogens is 381 g/mol. The fourth-order valence-electron chi connectivity index (χ4n) is 3.63. The second kappa shape index (κ2) is 7.26. The highest BCUT2D eigenvalue weighted by Crippen LogP contribution is 2.37. The zero-order valence-corrected chi connectivity index (χ0v) is 16.3. The number of hydrogen-bond donors (Lipinski definition) is 0. The minimum absolute atomic E-state index is 0.187. The summed E-state index contributed by atoms with van der Waals surface area (Å²) in [4.78, 5) is 4.47. The summed E-state index contributed by atoms with van der Waals surface area (Å²) in [5, 5.41) is 10.4. The van der Waals surface area contributed by atoms with Crippen LogP contribution in [0.1, 0.15) is 41.5 Å². The lowest BCUT2D eigenvalue weighted by atomic mass is 9.95. The van der Waals surface area contributed by atoms with E-state index in [9.17, 15) is 5.26 Å². The molecule has 0 bridgehead atoms. The Morgan fingerprint density at radius 3 is 2.81 bits per heavy atom. The highest BCUT2D eigenvalue weighted by molar-refractivity contribution is 6.35. The number of benzene rings is 2. The lowest BCUT2D eigenvalue weighted by molar-refractivity contribution is 0.443. The van der Waals surface area contributed by atoms with Gasteiger partial charge in [0.25, 0.3) is 0 Å². The van der Waals surface area contributed by atoms with Gasteiger partial charge in [-0.05, 0) is 62.1 Å². The normalized spacial score (nSPS) is 15.9. The third kappa shape index (κ3) is 3.41. The Balaban J connectivity index is 1.74. The Morgan fingerprint density at radius 2 is 2.04 bits per heavy atom. The third-order valence-electron chi connectivity index (χ3n) is 4.91. The van der Waals surface area contributed by atoms with E-state index in [0.717, 1.165) is 30.7 Å². The largest absolute Gasteiger partial charge is 0.454 e. The number of aryl methyl sites for hydroxylation is 2. The standard InChI is InChI=1S/C21H17Cl2N3O/c1-13-25-12-17-3-2-4-19(26(13)17)14-5-6-15(11-24)21(9-14)27-20-8-7-16(22)10-18(20)23/h5-10,12,19H,2-4H2,1H3. The van der Waals surface area contributed by atoms with Crippen molar-refractivity contribution >= 4 is 23.2 Å². The zero-order valence-electron chi connectivity index (χ0n) is 14.7.